The zero-order valence-corrected chi connectivity index (χ0v) is 7.19. The molecule has 2 unspecified atom stereocenters. The topological polar surface area (TPSA) is 26.0 Å². The fraction of sp³-hybridized carbons (Fsp3) is 0.500. The zero-order chi connectivity index (χ0) is 7.56. The Bertz CT molecular complexity index is 179. The molecule has 1 aromatic rings. The molecule has 0 radical (unpaired) electrons. The Morgan fingerprint density at radius 3 is 2.60 bits per heavy atom. The quantitative estimate of drug-likeness (QED) is 0.696. The molecule has 2 heteroatoms. The van der Waals surface area contributed by atoms with Crippen LogP contribution in [0.4, 0.5) is 0 Å². The normalized spacial score (nSPS) is 16.7. The van der Waals surface area contributed by atoms with E-state index in [0.29, 0.717) is 5.92 Å². The molecule has 0 aliphatic heterocycles. The molecule has 1 aromatic heterocycles. The monoisotopic (exact) mass is 155 g/mol. The van der Waals surface area contributed by atoms with Gasteiger partial charge in [-0.1, -0.05) is 6.92 Å². The van der Waals surface area contributed by atoms with Gasteiger partial charge in [-0.25, -0.2) is 0 Å². The molecule has 0 aliphatic rings. The number of rotatable bonds is 2. The van der Waals surface area contributed by atoms with E-state index in [2.05, 4.69) is 23.8 Å². The molecule has 0 saturated carbocycles. The maximum Gasteiger partial charge on any atom is 0.00769 e. The molecule has 0 saturated heterocycles. The van der Waals surface area contributed by atoms with Gasteiger partial charge < -0.3 is 5.73 Å². The Kier molecular flexibility index (Phi) is 2.46. The summed E-state index contributed by atoms with van der Waals surface area (Å²) >= 11 is 1.73. The Hall–Kier alpha value is -0.340. The Morgan fingerprint density at radius 1 is 1.50 bits per heavy atom. The molecular formula is C8H13NS. The minimum Gasteiger partial charge on any atom is -0.327 e. The summed E-state index contributed by atoms with van der Waals surface area (Å²) in [6.45, 7) is 4.20. The summed E-state index contributed by atoms with van der Waals surface area (Å²) in [6, 6.07) is 2.40. The van der Waals surface area contributed by atoms with Gasteiger partial charge in [0.1, 0.15) is 0 Å². The van der Waals surface area contributed by atoms with E-state index < -0.39 is 0 Å². The molecule has 0 aromatic carbocycles. The van der Waals surface area contributed by atoms with Crippen molar-refractivity contribution in [3.05, 3.63) is 22.4 Å². The first-order chi connectivity index (χ1) is 4.72. The van der Waals surface area contributed by atoms with Crippen LogP contribution >= 0.6 is 11.3 Å². The van der Waals surface area contributed by atoms with Gasteiger partial charge in [-0.15, -0.1) is 0 Å². The van der Waals surface area contributed by atoms with E-state index in [1.807, 2.05) is 6.92 Å². The van der Waals surface area contributed by atoms with E-state index in [4.69, 9.17) is 5.73 Å². The molecular weight excluding hydrogens is 142 g/mol. The fourth-order valence-corrected chi connectivity index (χ4v) is 1.60. The zero-order valence-electron chi connectivity index (χ0n) is 6.37. The summed E-state index contributed by atoms with van der Waals surface area (Å²) in [5, 5.41) is 4.25. The second kappa shape index (κ2) is 3.17. The second-order valence-electron chi connectivity index (χ2n) is 2.70. The highest BCUT2D eigenvalue weighted by atomic mass is 32.1. The molecule has 0 amide bonds. The minimum absolute atomic E-state index is 0.259. The number of hydrogen-bond acceptors (Lipinski definition) is 2. The number of nitrogens with two attached hydrogens (primary N) is 1. The van der Waals surface area contributed by atoms with Crippen LogP contribution in [-0.4, -0.2) is 6.04 Å². The highest BCUT2D eigenvalue weighted by Gasteiger charge is 2.09. The Labute approximate surface area is 65.9 Å². The lowest BCUT2D eigenvalue weighted by molar-refractivity contribution is 0.615. The van der Waals surface area contributed by atoms with Crippen LogP contribution in [0.2, 0.25) is 0 Å². The van der Waals surface area contributed by atoms with E-state index in [9.17, 15) is 0 Å². The molecule has 56 valence electrons. The second-order valence-corrected chi connectivity index (χ2v) is 3.48. The van der Waals surface area contributed by atoms with Gasteiger partial charge in [0.25, 0.3) is 0 Å². The smallest absolute Gasteiger partial charge is 0.00769 e. The average Bonchev–Trinajstić information content (AvgIpc) is 2.36. The van der Waals surface area contributed by atoms with Crippen molar-refractivity contribution in [3.63, 3.8) is 0 Å². The first kappa shape index (κ1) is 7.76. The van der Waals surface area contributed by atoms with Gasteiger partial charge in [-0.3, -0.25) is 0 Å². The largest absolute Gasteiger partial charge is 0.327 e. The van der Waals surface area contributed by atoms with Crippen molar-refractivity contribution < 1.29 is 0 Å². The van der Waals surface area contributed by atoms with E-state index >= 15 is 0 Å². The van der Waals surface area contributed by atoms with E-state index in [1.165, 1.54) is 5.56 Å². The van der Waals surface area contributed by atoms with Gasteiger partial charge in [0.2, 0.25) is 0 Å². The van der Waals surface area contributed by atoms with Crippen LogP contribution in [-0.2, 0) is 0 Å². The van der Waals surface area contributed by atoms with Crippen LogP contribution in [0.25, 0.3) is 0 Å². The van der Waals surface area contributed by atoms with Crippen LogP contribution in [0.1, 0.15) is 25.3 Å². The molecule has 1 heterocycles. The maximum absolute atomic E-state index is 5.73. The van der Waals surface area contributed by atoms with Crippen molar-refractivity contribution in [1.82, 2.24) is 0 Å². The van der Waals surface area contributed by atoms with Crippen LogP contribution in [0.3, 0.4) is 0 Å². The molecule has 2 N–H and O–H groups in total. The van der Waals surface area contributed by atoms with Gasteiger partial charge in [0.05, 0.1) is 0 Å². The average molecular weight is 155 g/mol. The predicted molar refractivity (Wildman–Crippen MR) is 46.4 cm³/mol. The molecule has 0 fully saturated rings. The Morgan fingerprint density at radius 2 is 2.20 bits per heavy atom. The van der Waals surface area contributed by atoms with E-state index in [0.717, 1.165) is 0 Å². The standard InChI is InChI=1S/C8H13NS/c1-6(7(2)9)8-3-4-10-5-8/h3-7H,9H2,1-2H3. The van der Waals surface area contributed by atoms with Crippen molar-refractivity contribution in [3.8, 4) is 0 Å². The van der Waals surface area contributed by atoms with Crippen molar-refractivity contribution >= 4 is 11.3 Å². The van der Waals surface area contributed by atoms with Crippen molar-refractivity contribution in [2.45, 2.75) is 25.8 Å². The highest BCUT2D eigenvalue weighted by Crippen LogP contribution is 2.19. The van der Waals surface area contributed by atoms with Gasteiger partial charge in [0, 0.05) is 6.04 Å². The molecule has 0 aliphatic carbocycles. The van der Waals surface area contributed by atoms with Crippen molar-refractivity contribution in [2.24, 2.45) is 5.73 Å². The molecule has 1 nitrogen and oxygen atoms in total. The summed E-state index contributed by atoms with van der Waals surface area (Å²) in [6.07, 6.45) is 0. The summed E-state index contributed by atoms with van der Waals surface area (Å²) in [5.41, 5.74) is 7.09. The number of thiophene rings is 1. The van der Waals surface area contributed by atoms with Crippen LogP contribution in [0.15, 0.2) is 16.8 Å². The minimum atomic E-state index is 0.259. The van der Waals surface area contributed by atoms with Crippen molar-refractivity contribution in [2.75, 3.05) is 0 Å². The summed E-state index contributed by atoms with van der Waals surface area (Å²) < 4.78 is 0. The summed E-state index contributed by atoms with van der Waals surface area (Å²) in [7, 11) is 0. The maximum atomic E-state index is 5.73. The first-order valence-electron chi connectivity index (χ1n) is 3.49. The molecule has 10 heavy (non-hydrogen) atoms. The lowest BCUT2D eigenvalue weighted by atomic mass is 9.98. The third kappa shape index (κ3) is 1.58. The van der Waals surface area contributed by atoms with Crippen molar-refractivity contribution in [1.29, 1.82) is 0 Å². The van der Waals surface area contributed by atoms with Gasteiger partial charge in [0.15, 0.2) is 0 Å². The van der Waals surface area contributed by atoms with E-state index in [-0.39, 0.29) is 6.04 Å². The fourth-order valence-electron chi connectivity index (χ4n) is 0.838. The summed E-state index contributed by atoms with van der Waals surface area (Å²) in [4.78, 5) is 0. The molecule has 0 spiro atoms. The van der Waals surface area contributed by atoms with Crippen LogP contribution in [0, 0.1) is 0 Å². The van der Waals surface area contributed by atoms with Gasteiger partial charge in [-0.2, -0.15) is 11.3 Å². The number of hydrogen-bond donors (Lipinski definition) is 1. The SMILES string of the molecule is CC(N)C(C)c1ccsc1. The van der Waals surface area contributed by atoms with E-state index in [1.54, 1.807) is 11.3 Å². The van der Waals surface area contributed by atoms with Gasteiger partial charge in [-0.05, 0) is 35.2 Å². The van der Waals surface area contributed by atoms with Gasteiger partial charge >= 0.3 is 0 Å². The lowest BCUT2D eigenvalue weighted by Gasteiger charge is -2.12. The summed E-state index contributed by atoms with van der Waals surface area (Å²) in [5.74, 6) is 0.492. The first-order valence-corrected chi connectivity index (χ1v) is 4.43. The molecule has 0 bridgehead atoms. The highest BCUT2D eigenvalue weighted by molar-refractivity contribution is 7.07. The Balaban J connectivity index is 2.68. The molecule has 1 rings (SSSR count). The third-order valence-electron chi connectivity index (χ3n) is 1.86. The van der Waals surface area contributed by atoms with Crippen LogP contribution < -0.4 is 5.73 Å². The van der Waals surface area contributed by atoms with Crippen LogP contribution in [0.5, 0.6) is 0 Å². The molecule has 2 atom stereocenters. The third-order valence-corrected chi connectivity index (χ3v) is 2.56. The lowest BCUT2D eigenvalue weighted by Crippen LogP contribution is -2.21. The predicted octanol–water partition coefficient (Wildman–Crippen LogP) is 2.20.